The molecule has 0 fully saturated rings. The predicted octanol–water partition coefficient (Wildman–Crippen LogP) is 9.50. The van der Waals surface area contributed by atoms with Gasteiger partial charge in [0.15, 0.2) is 8.32 Å². The Balaban J connectivity index is 1.80. The minimum absolute atomic E-state index is 0.500. The molecule has 0 aliphatic heterocycles. The first kappa shape index (κ1) is 30.3. The van der Waals surface area contributed by atoms with Crippen molar-refractivity contribution in [2.45, 2.75) is 103 Å². The number of hydrogen-bond donors (Lipinski definition) is 0. The van der Waals surface area contributed by atoms with Crippen LogP contribution in [0.4, 0.5) is 0 Å². The van der Waals surface area contributed by atoms with E-state index < -0.39 is 16.4 Å². The second-order valence-corrected chi connectivity index (χ2v) is 24.2. The van der Waals surface area contributed by atoms with Crippen molar-refractivity contribution in [3.63, 3.8) is 0 Å². The Morgan fingerprint density at radius 3 is 2.27 bits per heavy atom. The normalized spacial score (nSPS) is 13.1. The summed E-state index contributed by atoms with van der Waals surface area (Å²) in [6.07, 6.45) is 3.52. The van der Waals surface area contributed by atoms with E-state index in [4.69, 9.17) is 18.6 Å². The third-order valence-corrected chi connectivity index (χ3v) is 16.2. The molecule has 3 aromatic rings. The summed E-state index contributed by atoms with van der Waals surface area (Å²) in [5.74, 6) is 1.03. The molecule has 3 rings (SSSR count). The Morgan fingerprint density at radius 2 is 1.65 bits per heavy atom. The lowest BCUT2D eigenvalue weighted by atomic mass is 10.1. The third kappa shape index (κ3) is 7.26. The number of aromatic nitrogens is 2. The molecule has 0 radical (unpaired) electrons. The summed E-state index contributed by atoms with van der Waals surface area (Å²) in [5, 5.41) is 1.10. The number of furan rings is 1. The molecule has 206 valence electrons. The molecule has 0 unspecified atom stereocenters. The molecule has 0 N–H and O–H groups in total. The van der Waals surface area contributed by atoms with Crippen LogP contribution in [0.2, 0.25) is 42.3 Å². The van der Waals surface area contributed by atoms with E-state index in [-0.39, 0.29) is 0 Å². The minimum atomic E-state index is -1.87. The number of nitrogens with zero attached hydrogens (tertiary/aromatic N) is 2. The summed E-state index contributed by atoms with van der Waals surface area (Å²) in [7, 11) is -3.01. The zero-order valence-corrected chi connectivity index (χ0v) is 27.9. The Labute approximate surface area is 234 Å². The monoisotopic (exact) mass is 606 g/mol. The van der Waals surface area contributed by atoms with Crippen molar-refractivity contribution < 1.29 is 13.6 Å². The topological polar surface area (TPSA) is 49.4 Å². The largest absolute Gasteiger partial charge is 0.464 e. The van der Waals surface area contributed by atoms with E-state index in [0.717, 1.165) is 64.8 Å². The maximum Gasteiger partial charge on any atom is 0.200 e. The van der Waals surface area contributed by atoms with Crippen LogP contribution < -0.4 is 0 Å². The number of ether oxygens (including phenoxy) is 1. The van der Waals surface area contributed by atoms with Gasteiger partial charge in [0.25, 0.3) is 0 Å². The molecule has 8 heteroatoms. The quantitative estimate of drug-likeness (QED) is 0.135. The van der Waals surface area contributed by atoms with Crippen molar-refractivity contribution >= 4 is 43.3 Å². The van der Waals surface area contributed by atoms with E-state index in [1.807, 2.05) is 6.07 Å². The lowest BCUT2D eigenvalue weighted by molar-refractivity contribution is 0.0835. The average molecular weight is 608 g/mol. The number of aryl methyl sites for hydroxylation is 1. The highest BCUT2D eigenvalue weighted by atomic mass is 79.9. The lowest BCUT2D eigenvalue weighted by Gasteiger charge is -2.42. The third-order valence-electron chi connectivity index (χ3n) is 7.54. The van der Waals surface area contributed by atoms with E-state index in [1.54, 1.807) is 6.26 Å². The smallest absolute Gasteiger partial charge is 0.200 e. The Hall–Kier alpha value is -1.20. The van der Waals surface area contributed by atoms with E-state index >= 15 is 0 Å². The van der Waals surface area contributed by atoms with Gasteiger partial charge in [-0.3, -0.25) is 4.57 Å². The molecule has 5 nitrogen and oxygen atoms in total. The molecule has 0 aliphatic carbocycles. The first-order valence-corrected chi connectivity index (χ1v) is 20.4. The van der Waals surface area contributed by atoms with Crippen LogP contribution in [0.5, 0.6) is 0 Å². The van der Waals surface area contributed by atoms with Gasteiger partial charge in [0.05, 0.1) is 6.26 Å². The second-order valence-electron chi connectivity index (χ2n) is 12.4. The van der Waals surface area contributed by atoms with Gasteiger partial charge < -0.3 is 13.6 Å². The van der Waals surface area contributed by atoms with Crippen LogP contribution >= 0.6 is 15.9 Å². The van der Waals surface area contributed by atoms with Crippen molar-refractivity contribution in [3.05, 3.63) is 41.0 Å². The van der Waals surface area contributed by atoms with Crippen LogP contribution in [0.3, 0.4) is 0 Å². The van der Waals surface area contributed by atoms with Crippen molar-refractivity contribution in [2.75, 3.05) is 13.2 Å². The van der Waals surface area contributed by atoms with Gasteiger partial charge in [-0.25, -0.2) is 4.98 Å². The van der Waals surface area contributed by atoms with E-state index in [0.29, 0.717) is 23.4 Å². The maximum atomic E-state index is 6.82. The summed E-state index contributed by atoms with van der Waals surface area (Å²) >= 11 is 3.86. The van der Waals surface area contributed by atoms with Crippen molar-refractivity contribution in [1.82, 2.24) is 9.55 Å². The highest BCUT2D eigenvalue weighted by Crippen LogP contribution is 2.42. The fourth-order valence-corrected chi connectivity index (χ4v) is 12.5. The van der Waals surface area contributed by atoms with Crippen molar-refractivity contribution in [1.29, 1.82) is 0 Å². The van der Waals surface area contributed by atoms with E-state index in [9.17, 15) is 0 Å². The Bertz CT molecular complexity index is 1130. The van der Waals surface area contributed by atoms with Crippen LogP contribution in [0.15, 0.2) is 39.5 Å². The number of imidazole rings is 1. The molecular weight excluding hydrogens is 560 g/mol. The standard InChI is InChI=1S/C29H47BrN2O3Si2/c1-21(2)37(22(3)4,23(5)6)35-15-10-11-27-31-28(25-13-12-24-14-16-34-26(24)19-25)29(30)32(27)20-33-17-18-36(7,8)9/h12-14,16,19,21-23H,10-11,15,17-18,20H2,1-9H3. The molecule has 0 saturated carbocycles. The molecule has 0 aliphatic rings. The molecule has 0 saturated heterocycles. The van der Waals surface area contributed by atoms with Gasteiger partial charge in [-0.15, -0.1) is 0 Å². The minimum Gasteiger partial charge on any atom is -0.464 e. The second kappa shape index (κ2) is 12.8. The van der Waals surface area contributed by atoms with Gasteiger partial charge in [-0.2, -0.15) is 0 Å². The number of halogens is 1. The molecule has 2 heterocycles. The molecule has 2 aromatic heterocycles. The molecule has 0 amide bonds. The van der Waals surface area contributed by atoms with Crippen LogP contribution in [0.1, 0.15) is 53.8 Å². The number of rotatable bonds is 14. The van der Waals surface area contributed by atoms with Gasteiger partial charge in [0.2, 0.25) is 0 Å². The highest BCUT2D eigenvalue weighted by Gasteiger charge is 2.44. The van der Waals surface area contributed by atoms with Gasteiger partial charge >= 0.3 is 0 Å². The lowest BCUT2D eigenvalue weighted by Crippen LogP contribution is -2.48. The fraction of sp³-hybridized carbons (Fsp3) is 0.621. The predicted molar refractivity (Wildman–Crippen MR) is 165 cm³/mol. The molecule has 0 atom stereocenters. The zero-order chi connectivity index (χ0) is 27.4. The summed E-state index contributed by atoms with van der Waals surface area (Å²) in [4.78, 5) is 5.10. The maximum absolute atomic E-state index is 6.82. The van der Waals surface area contributed by atoms with E-state index in [1.165, 1.54) is 0 Å². The summed E-state index contributed by atoms with van der Waals surface area (Å²) in [6, 6.07) is 9.41. The number of benzene rings is 1. The first-order valence-electron chi connectivity index (χ1n) is 13.8. The first-order chi connectivity index (χ1) is 17.4. The van der Waals surface area contributed by atoms with Crippen LogP contribution in [-0.2, 0) is 22.3 Å². The summed E-state index contributed by atoms with van der Waals surface area (Å²) in [6.45, 7) is 23.3. The van der Waals surface area contributed by atoms with Gasteiger partial charge in [-0.1, -0.05) is 73.3 Å². The molecular formula is C29H47BrN2O3Si2. The SMILES string of the molecule is CC(C)[Si](OCCCc1nc(-c2ccc3ccoc3c2)c(Br)n1COCC[Si](C)(C)C)(C(C)C)C(C)C. The highest BCUT2D eigenvalue weighted by molar-refractivity contribution is 9.10. The zero-order valence-electron chi connectivity index (χ0n) is 24.4. The van der Waals surface area contributed by atoms with Crippen molar-refractivity contribution in [3.8, 4) is 11.3 Å². The molecule has 37 heavy (non-hydrogen) atoms. The van der Waals surface area contributed by atoms with E-state index in [2.05, 4.69) is 99.9 Å². The summed E-state index contributed by atoms with van der Waals surface area (Å²) in [5.41, 5.74) is 4.61. The van der Waals surface area contributed by atoms with Crippen LogP contribution in [0, 0.1) is 0 Å². The van der Waals surface area contributed by atoms with Crippen LogP contribution in [-0.4, -0.2) is 39.2 Å². The van der Waals surface area contributed by atoms with Crippen LogP contribution in [0.25, 0.3) is 22.2 Å². The Morgan fingerprint density at radius 1 is 0.973 bits per heavy atom. The molecule has 0 spiro atoms. The molecule has 1 aromatic carbocycles. The number of hydrogen-bond acceptors (Lipinski definition) is 4. The Kier molecular flexibility index (Phi) is 10.5. The number of fused-ring (bicyclic) bond motifs is 1. The van der Waals surface area contributed by atoms with Gasteiger partial charge in [0, 0.05) is 38.7 Å². The average Bonchev–Trinajstić information content (AvgIpc) is 3.39. The van der Waals surface area contributed by atoms with Crippen molar-refractivity contribution in [2.24, 2.45) is 0 Å². The fourth-order valence-electron chi connectivity index (χ4n) is 5.60. The molecule has 0 bridgehead atoms. The van der Waals surface area contributed by atoms with Gasteiger partial charge in [0.1, 0.15) is 28.4 Å². The summed E-state index contributed by atoms with van der Waals surface area (Å²) < 4.78 is 21.8. The van der Waals surface area contributed by atoms with Gasteiger partial charge in [-0.05, 0) is 57.2 Å².